The fourth-order valence-electron chi connectivity index (χ4n) is 4.01. The summed E-state index contributed by atoms with van der Waals surface area (Å²) in [6.07, 6.45) is 5.55. The average Bonchev–Trinajstić information content (AvgIpc) is 2.95. The maximum absolute atomic E-state index is 6.11. The maximum Gasteiger partial charge on any atom is 0.0743 e. The molecule has 4 heteroatoms. The maximum atomic E-state index is 6.11. The van der Waals surface area contributed by atoms with Crippen molar-refractivity contribution in [3.8, 4) is 0 Å². The fraction of sp³-hybridized carbons (Fsp3) is 1.00. The summed E-state index contributed by atoms with van der Waals surface area (Å²) < 4.78 is 11.7. The molecule has 3 fully saturated rings. The number of morpholine rings is 1. The van der Waals surface area contributed by atoms with Crippen LogP contribution < -0.4 is 5.73 Å². The van der Waals surface area contributed by atoms with Crippen molar-refractivity contribution >= 4 is 0 Å². The number of rotatable bonds is 2. The average molecular weight is 240 g/mol. The SMILES string of the molecule is CC1OCCC1(CN)N1CCOC2CCCC21. The van der Waals surface area contributed by atoms with Gasteiger partial charge in [0.25, 0.3) is 0 Å². The van der Waals surface area contributed by atoms with Crippen LogP contribution in [0.1, 0.15) is 32.6 Å². The summed E-state index contributed by atoms with van der Waals surface area (Å²) in [4.78, 5) is 2.63. The second-order valence-corrected chi connectivity index (χ2v) is 5.67. The van der Waals surface area contributed by atoms with E-state index in [-0.39, 0.29) is 11.6 Å². The number of nitrogens with two attached hydrogens (primary N) is 1. The van der Waals surface area contributed by atoms with Crippen LogP contribution in [-0.2, 0) is 9.47 Å². The third-order valence-electron chi connectivity index (χ3n) is 5.07. The molecule has 4 atom stereocenters. The highest BCUT2D eigenvalue weighted by Crippen LogP contribution is 2.39. The first kappa shape index (κ1) is 11.9. The molecular weight excluding hydrogens is 216 g/mol. The molecule has 3 aliphatic rings. The van der Waals surface area contributed by atoms with Crippen LogP contribution >= 0.6 is 0 Å². The third-order valence-corrected chi connectivity index (χ3v) is 5.07. The number of fused-ring (bicyclic) bond motifs is 1. The molecule has 2 aliphatic heterocycles. The van der Waals surface area contributed by atoms with Gasteiger partial charge in [-0.15, -0.1) is 0 Å². The predicted octanol–water partition coefficient (Wildman–Crippen LogP) is 0.746. The lowest BCUT2D eigenvalue weighted by molar-refractivity contribution is -0.111. The second kappa shape index (κ2) is 4.50. The van der Waals surface area contributed by atoms with Crippen LogP contribution in [0.2, 0.25) is 0 Å². The minimum atomic E-state index is 0.0665. The van der Waals surface area contributed by atoms with E-state index in [2.05, 4.69) is 11.8 Å². The van der Waals surface area contributed by atoms with Crippen LogP contribution in [0.4, 0.5) is 0 Å². The van der Waals surface area contributed by atoms with E-state index in [1.807, 2.05) is 0 Å². The van der Waals surface area contributed by atoms with Gasteiger partial charge in [-0.1, -0.05) is 0 Å². The Balaban J connectivity index is 1.85. The highest BCUT2D eigenvalue weighted by atomic mass is 16.5. The number of ether oxygens (including phenoxy) is 2. The van der Waals surface area contributed by atoms with Gasteiger partial charge in [-0.25, -0.2) is 0 Å². The van der Waals surface area contributed by atoms with Gasteiger partial charge in [-0.3, -0.25) is 4.90 Å². The topological polar surface area (TPSA) is 47.7 Å². The van der Waals surface area contributed by atoms with Gasteiger partial charge in [-0.05, 0) is 32.6 Å². The minimum Gasteiger partial charge on any atom is -0.376 e. The molecule has 0 aromatic rings. The van der Waals surface area contributed by atoms with E-state index in [1.165, 1.54) is 19.3 Å². The first-order valence-corrected chi connectivity index (χ1v) is 6.98. The Bertz CT molecular complexity index is 287. The molecule has 0 radical (unpaired) electrons. The van der Waals surface area contributed by atoms with Gasteiger partial charge in [0.05, 0.1) is 24.4 Å². The molecule has 0 bridgehead atoms. The summed E-state index contributed by atoms with van der Waals surface area (Å²) >= 11 is 0. The van der Waals surface area contributed by atoms with E-state index >= 15 is 0 Å². The van der Waals surface area contributed by atoms with Gasteiger partial charge in [-0.2, -0.15) is 0 Å². The lowest BCUT2D eigenvalue weighted by Gasteiger charge is -2.49. The highest BCUT2D eigenvalue weighted by Gasteiger charge is 2.51. The van der Waals surface area contributed by atoms with E-state index in [4.69, 9.17) is 15.2 Å². The second-order valence-electron chi connectivity index (χ2n) is 5.67. The standard InChI is InChI=1S/C13H24N2O2/c1-10-13(9-14,5-7-16-10)15-6-8-17-12-4-2-3-11(12)15/h10-12H,2-9,14H2,1H3. The molecule has 0 aromatic carbocycles. The molecule has 2 N–H and O–H groups in total. The Morgan fingerprint density at radius 2 is 2.18 bits per heavy atom. The van der Waals surface area contributed by atoms with E-state index in [1.54, 1.807) is 0 Å². The van der Waals surface area contributed by atoms with Crippen LogP contribution in [-0.4, -0.2) is 55.0 Å². The highest BCUT2D eigenvalue weighted by molar-refractivity contribution is 5.06. The Kier molecular flexibility index (Phi) is 3.15. The van der Waals surface area contributed by atoms with Crippen LogP contribution in [0.3, 0.4) is 0 Å². The largest absolute Gasteiger partial charge is 0.376 e. The van der Waals surface area contributed by atoms with Crippen molar-refractivity contribution in [2.24, 2.45) is 5.73 Å². The Morgan fingerprint density at radius 3 is 2.88 bits per heavy atom. The molecule has 4 unspecified atom stereocenters. The molecular formula is C13H24N2O2. The zero-order valence-corrected chi connectivity index (χ0v) is 10.7. The van der Waals surface area contributed by atoms with Crippen molar-refractivity contribution in [1.29, 1.82) is 0 Å². The summed E-state index contributed by atoms with van der Waals surface area (Å²) in [5, 5.41) is 0. The molecule has 0 aromatic heterocycles. The summed E-state index contributed by atoms with van der Waals surface area (Å²) in [6, 6.07) is 0.580. The number of hydrogen-bond acceptors (Lipinski definition) is 4. The Morgan fingerprint density at radius 1 is 1.29 bits per heavy atom. The Hall–Kier alpha value is -0.160. The van der Waals surface area contributed by atoms with Crippen LogP contribution in [0.5, 0.6) is 0 Å². The quantitative estimate of drug-likeness (QED) is 0.773. The monoisotopic (exact) mass is 240 g/mol. The first-order valence-electron chi connectivity index (χ1n) is 6.98. The molecule has 2 saturated heterocycles. The van der Waals surface area contributed by atoms with Gasteiger partial charge < -0.3 is 15.2 Å². The molecule has 98 valence electrons. The van der Waals surface area contributed by atoms with Crippen molar-refractivity contribution in [3.05, 3.63) is 0 Å². The van der Waals surface area contributed by atoms with Gasteiger partial charge in [0.15, 0.2) is 0 Å². The summed E-state index contributed by atoms with van der Waals surface area (Å²) in [7, 11) is 0. The number of nitrogens with zero attached hydrogens (tertiary/aromatic N) is 1. The zero-order chi connectivity index (χ0) is 11.9. The van der Waals surface area contributed by atoms with Crippen LogP contribution in [0.25, 0.3) is 0 Å². The Labute approximate surface area is 103 Å². The van der Waals surface area contributed by atoms with E-state index in [0.717, 1.165) is 26.2 Å². The van der Waals surface area contributed by atoms with Gasteiger partial charge in [0.2, 0.25) is 0 Å². The van der Waals surface area contributed by atoms with E-state index < -0.39 is 0 Å². The molecule has 3 rings (SSSR count). The molecule has 1 aliphatic carbocycles. The smallest absolute Gasteiger partial charge is 0.0743 e. The van der Waals surface area contributed by atoms with Crippen molar-refractivity contribution in [1.82, 2.24) is 4.90 Å². The lowest BCUT2D eigenvalue weighted by Crippen LogP contribution is -2.65. The van der Waals surface area contributed by atoms with Gasteiger partial charge in [0.1, 0.15) is 0 Å². The molecule has 2 heterocycles. The van der Waals surface area contributed by atoms with Crippen LogP contribution in [0.15, 0.2) is 0 Å². The summed E-state index contributed by atoms with van der Waals surface area (Å²) in [5.41, 5.74) is 6.18. The van der Waals surface area contributed by atoms with Crippen molar-refractivity contribution < 1.29 is 9.47 Å². The minimum absolute atomic E-state index is 0.0665. The zero-order valence-electron chi connectivity index (χ0n) is 10.7. The molecule has 1 saturated carbocycles. The van der Waals surface area contributed by atoms with E-state index in [0.29, 0.717) is 18.7 Å². The summed E-state index contributed by atoms with van der Waals surface area (Å²) in [5.74, 6) is 0. The van der Waals surface area contributed by atoms with Gasteiger partial charge >= 0.3 is 0 Å². The summed E-state index contributed by atoms with van der Waals surface area (Å²) in [6.45, 7) is 5.62. The van der Waals surface area contributed by atoms with E-state index in [9.17, 15) is 0 Å². The molecule has 17 heavy (non-hydrogen) atoms. The predicted molar refractivity (Wildman–Crippen MR) is 65.9 cm³/mol. The molecule has 0 amide bonds. The molecule has 0 spiro atoms. The van der Waals surface area contributed by atoms with Crippen molar-refractivity contribution in [2.75, 3.05) is 26.3 Å². The fourth-order valence-corrected chi connectivity index (χ4v) is 4.01. The first-order chi connectivity index (χ1) is 8.28. The van der Waals surface area contributed by atoms with Crippen molar-refractivity contribution in [3.63, 3.8) is 0 Å². The molecule has 4 nitrogen and oxygen atoms in total. The van der Waals surface area contributed by atoms with Crippen LogP contribution in [0, 0.1) is 0 Å². The normalized spacial score (nSPS) is 47.3. The van der Waals surface area contributed by atoms with Crippen molar-refractivity contribution in [2.45, 2.75) is 56.4 Å². The lowest BCUT2D eigenvalue weighted by atomic mass is 9.87. The third kappa shape index (κ3) is 1.73. The number of hydrogen-bond donors (Lipinski definition) is 1. The van der Waals surface area contributed by atoms with Gasteiger partial charge in [0, 0.05) is 25.7 Å².